The molecule has 0 bridgehead atoms. The Labute approximate surface area is 531 Å². The number of pyridine rings is 2. The van der Waals surface area contributed by atoms with Gasteiger partial charge in [-0.1, -0.05) is 121 Å². The maximum absolute atomic E-state index is 14.1. The van der Waals surface area contributed by atoms with E-state index in [0.29, 0.717) is 40.8 Å². The van der Waals surface area contributed by atoms with Crippen molar-refractivity contribution >= 4 is 69.0 Å². The molecule has 19 heteroatoms. The van der Waals surface area contributed by atoms with E-state index in [4.69, 9.17) is 30.8 Å². The minimum absolute atomic E-state index is 0. The van der Waals surface area contributed by atoms with Gasteiger partial charge >= 0.3 is 11.9 Å². The number of β-amino-alcohol motifs (C(OH)–C–C–N with tert-alkyl or cyclic N) is 1. The molecule has 3 N–H and O–H groups in total. The number of aromatic nitrogens is 2. The highest BCUT2D eigenvalue weighted by Crippen LogP contribution is 2.39. The summed E-state index contributed by atoms with van der Waals surface area (Å²) in [4.78, 5) is 92.6. The van der Waals surface area contributed by atoms with Crippen LogP contribution in [0.5, 0.6) is 17.2 Å². The van der Waals surface area contributed by atoms with E-state index in [9.17, 15) is 44.1 Å². The Kier molecular flexibility index (Phi) is 24.5. The number of likely N-dealkylation sites (tertiary alicyclic amines) is 4. The van der Waals surface area contributed by atoms with Gasteiger partial charge < -0.3 is 56.6 Å². The molecule has 0 saturated carbocycles. The maximum atomic E-state index is 14.1. The maximum Gasteiger partial charge on any atom is 0.326 e. The van der Waals surface area contributed by atoms with Crippen LogP contribution in [0.25, 0.3) is 44.3 Å². The molecule has 89 heavy (non-hydrogen) atoms. The van der Waals surface area contributed by atoms with Crippen LogP contribution in [0.3, 0.4) is 0 Å². The van der Waals surface area contributed by atoms with E-state index < -0.39 is 58.9 Å². The number of carbonyl (C=O) groups is 6. The average Bonchev–Trinajstić information content (AvgIpc) is 1.57. The Morgan fingerprint density at radius 2 is 1.00 bits per heavy atom. The number of piperidine rings is 2. The van der Waals surface area contributed by atoms with Gasteiger partial charge in [-0.2, -0.15) is 0 Å². The first kappa shape index (κ1) is 70.3. The summed E-state index contributed by atoms with van der Waals surface area (Å²) in [5, 5.41) is 31.7. The van der Waals surface area contributed by atoms with Crippen molar-refractivity contribution < 1.29 is 59.7 Å². The Morgan fingerprint density at radius 1 is 0.584 bits per heavy atom. The molecule has 2 aromatic heterocycles. The molecule has 10 rings (SSSR count). The molecule has 18 nitrogen and oxygen atoms in total. The molecule has 0 radical (unpaired) electrons. The number of carboxylic acid groups (broad SMARTS) is 2. The van der Waals surface area contributed by atoms with Gasteiger partial charge in [0, 0.05) is 99.9 Å². The van der Waals surface area contributed by atoms with Gasteiger partial charge in [-0.25, -0.2) is 19.6 Å². The highest BCUT2D eigenvalue weighted by molar-refractivity contribution is 6.35. The molecule has 6 aromatic rings. The van der Waals surface area contributed by atoms with E-state index >= 15 is 0 Å². The van der Waals surface area contributed by atoms with Crippen molar-refractivity contribution in [1.82, 2.24) is 29.6 Å². The van der Waals surface area contributed by atoms with Crippen molar-refractivity contribution in [2.45, 2.75) is 137 Å². The number of rotatable bonds is 14. The second-order valence-electron chi connectivity index (χ2n) is 25.2. The molecule has 0 spiro atoms. The van der Waals surface area contributed by atoms with E-state index in [2.05, 4.69) is 4.98 Å². The number of aliphatic carboxylic acids is 2. The van der Waals surface area contributed by atoms with Crippen LogP contribution in [0.2, 0.25) is 5.02 Å². The summed E-state index contributed by atoms with van der Waals surface area (Å²) in [6.45, 7) is 14.5. The van der Waals surface area contributed by atoms with Crippen LogP contribution < -0.4 is 14.2 Å². The summed E-state index contributed by atoms with van der Waals surface area (Å²) in [5.41, 5.74) is 4.05. The smallest absolute Gasteiger partial charge is 0.326 e. The SMILES string of the molecule is C.CC(C)(C)[C@H](CC(=O)N1CCCCC1)C(=O)N1C[C@H](O)C[C@H]1C(=O)O.COc1ccc2c(Cl)cc(-c3ccccc3)nc2c1.COc1ccc2c(O[C@@H]3C[C@@H](C(=O)O)N(C(=O)[C@@H](CC(=O)N4CCCCC4)C(C)(C)C)C3)cc(-c3ccccc3)nc2c1.[2HH].[CH3-]. The summed E-state index contributed by atoms with van der Waals surface area (Å²) in [5.74, 6) is -2.19. The number of hydrogen-bond acceptors (Lipinski definition) is 12. The lowest BCUT2D eigenvalue weighted by molar-refractivity contribution is -0.153. The number of amides is 4. The second kappa shape index (κ2) is 31.1. The van der Waals surface area contributed by atoms with Crippen LogP contribution in [0.1, 0.15) is 115 Å². The molecule has 6 heterocycles. The molecule has 482 valence electrons. The number of carbonyl (C=O) groups excluding carboxylic acids is 4. The fourth-order valence-corrected chi connectivity index (χ4v) is 12.1. The number of methoxy groups -OCH3 is 2. The summed E-state index contributed by atoms with van der Waals surface area (Å²) in [7, 11) is 3.24. The number of fused-ring (bicyclic) bond motifs is 2. The van der Waals surface area contributed by atoms with Crippen LogP contribution >= 0.6 is 11.6 Å². The van der Waals surface area contributed by atoms with Gasteiger partial charge in [-0.15, -0.1) is 0 Å². The first-order valence-corrected chi connectivity index (χ1v) is 30.5. The molecule has 4 fully saturated rings. The second-order valence-corrected chi connectivity index (χ2v) is 25.6. The first-order chi connectivity index (χ1) is 41.4. The number of carboxylic acids is 2. The largest absolute Gasteiger partial charge is 0.497 e. The van der Waals surface area contributed by atoms with E-state index in [1.165, 1.54) is 9.80 Å². The van der Waals surface area contributed by atoms with Gasteiger partial charge in [-0.05, 0) is 79.7 Å². The van der Waals surface area contributed by atoms with Gasteiger partial charge in [0.05, 0.1) is 66.1 Å². The summed E-state index contributed by atoms with van der Waals surface area (Å²) in [6.07, 6.45) is 5.07. The Morgan fingerprint density at radius 3 is 1.44 bits per heavy atom. The first-order valence-electron chi connectivity index (χ1n) is 30.1. The number of halogens is 1. The standard InChI is InChI=1S/C34H41N3O6.C18H30N2O5.C16H12ClNO.CH4.CH3.H2/c1-34(2,3)26(19-31(38)36-15-9-6-10-16-36)32(39)37-21-24(18-29(37)33(40)41)43-30-20-27(22-11-7-5-8-12-22)35-28-17-23(42-4)13-14-25(28)30;1-18(2,3)13(10-15(22)19-7-5-4-6-8-19)16(23)20-11-12(21)9-14(20)17(24)25;1-19-12-7-8-13-14(17)10-15(18-16(13)9-12)11-5-3-2-4-6-11;;;/h5,7-8,11-14,17,20,24,26,29H,6,9-10,15-16,18-19,21H2,1-4H3,(H,40,41);12-14,21H,4-11H2,1-3H3,(H,24,25);2-10H,1H3;1H4;1H3;1H/q;;;;-1;/t24-,26-,29+;12-,13-,14+;;;;/m11..../s1/i;;;;;1+1. The van der Waals surface area contributed by atoms with Gasteiger partial charge in [0.1, 0.15) is 35.4 Å². The van der Waals surface area contributed by atoms with Crippen LogP contribution in [-0.4, -0.2) is 158 Å². The fourth-order valence-electron chi connectivity index (χ4n) is 11.9. The highest BCUT2D eigenvalue weighted by Gasteiger charge is 2.47. The fraction of sp³-hybridized carbons (Fsp3) is 0.471. The molecule has 0 aliphatic carbocycles. The van der Waals surface area contributed by atoms with Crippen molar-refractivity contribution in [2.75, 3.05) is 53.5 Å². The monoisotopic (exact) mass is 1240 g/mol. The summed E-state index contributed by atoms with van der Waals surface area (Å²) in [6, 6.07) is 32.7. The number of aliphatic hydroxyl groups excluding tert-OH is 1. The third kappa shape index (κ3) is 17.7. The minimum atomic E-state index is -1.11. The third-order valence-corrected chi connectivity index (χ3v) is 17.2. The van der Waals surface area contributed by atoms with E-state index in [-0.39, 0.29) is 78.7 Å². The zero-order valence-electron chi connectivity index (χ0n) is 52.2. The van der Waals surface area contributed by atoms with Crippen LogP contribution in [-0.2, 0) is 28.8 Å². The predicted octanol–water partition coefficient (Wildman–Crippen LogP) is 12.4. The van der Waals surface area contributed by atoms with E-state index in [1.807, 2.05) is 161 Å². The molecular formula is C70H92ClN6O12-. The molecular weight excluding hydrogens is 1150 g/mol. The predicted molar refractivity (Wildman–Crippen MR) is 350 cm³/mol. The Balaban J connectivity index is 0.000000266. The highest BCUT2D eigenvalue weighted by atomic mass is 35.5. The van der Waals surface area contributed by atoms with E-state index in [1.54, 1.807) is 14.2 Å². The van der Waals surface area contributed by atoms with Crippen LogP contribution in [0, 0.1) is 30.1 Å². The molecule has 4 amide bonds. The molecule has 4 aliphatic rings. The van der Waals surface area contributed by atoms with Crippen LogP contribution in [0.15, 0.2) is 109 Å². The normalized spacial score (nSPS) is 19.0. The van der Waals surface area contributed by atoms with Crippen molar-refractivity contribution in [3.05, 3.63) is 122 Å². The lowest BCUT2D eigenvalue weighted by Gasteiger charge is -2.36. The number of ether oxygens (including phenoxy) is 3. The number of hydrogen-bond donors (Lipinski definition) is 3. The van der Waals surface area contributed by atoms with Gasteiger partial charge in [-0.3, -0.25) is 19.2 Å². The van der Waals surface area contributed by atoms with E-state index in [0.717, 1.165) is 90.5 Å². The van der Waals surface area contributed by atoms with Crippen molar-refractivity contribution in [1.29, 1.82) is 0 Å². The lowest BCUT2D eigenvalue weighted by atomic mass is 9.77. The number of nitrogens with zero attached hydrogens (tertiary/aromatic N) is 6. The van der Waals surface area contributed by atoms with Crippen LogP contribution in [0.4, 0.5) is 0 Å². The molecule has 4 saturated heterocycles. The Bertz CT molecular complexity index is 3400. The number of benzene rings is 4. The molecule has 4 aliphatic heterocycles. The van der Waals surface area contributed by atoms with Crippen molar-refractivity contribution in [2.24, 2.45) is 22.7 Å². The van der Waals surface area contributed by atoms with Gasteiger partial charge in [0.25, 0.3) is 0 Å². The van der Waals surface area contributed by atoms with Crippen molar-refractivity contribution in [3.8, 4) is 39.8 Å². The minimum Gasteiger partial charge on any atom is -0.497 e. The lowest BCUT2D eigenvalue weighted by Crippen LogP contribution is -2.48. The molecule has 4 aromatic carbocycles. The number of aliphatic hydroxyl groups is 1. The zero-order valence-corrected chi connectivity index (χ0v) is 53.0. The molecule has 0 unspecified atom stereocenters. The van der Waals surface area contributed by atoms with Gasteiger partial charge in [0.15, 0.2) is 0 Å². The average molecular weight is 1250 g/mol. The molecule has 6 atom stereocenters. The topological polar surface area (TPSA) is 230 Å². The van der Waals surface area contributed by atoms with Gasteiger partial charge in [0.2, 0.25) is 23.6 Å². The Hall–Kier alpha value is -7.83. The summed E-state index contributed by atoms with van der Waals surface area (Å²) < 4.78 is 17.2. The van der Waals surface area contributed by atoms with Crippen molar-refractivity contribution in [3.63, 3.8) is 0 Å². The third-order valence-electron chi connectivity index (χ3n) is 16.9. The zero-order chi connectivity index (χ0) is 62.7. The quantitative estimate of drug-likeness (QED) is 0.0862. The summed E-state index contributed by atoms with van der Waals surface area (Å²) >= 11 is 6.33.